The van der Waals surface area contributed by atoms with Gasteiger partial charge in [-0.05, 0) is 19.3 Å². The predicted octanol–water partition coefficient (Wildman–Crippen LogP) is 3.07. The van der Waals surface area contributed by atoms with Gasteiger partial charge in [-0.25, -0.2) is 9.97 Å². The van der Waals surface area contributed by atoms with Gasteiger partial charge in [0.05, 0.1) is 6.61 Å². The smallest absolute Gasteiger partial charge is 0.132 e. The molecule has 5 nitrogen and oxygen atoms in total. The molecule has 0 radical (unpaired) electrons. The zero-order valence-corrected chi connectivity index (χ0v) is 13.9. The van der Waals surface area contributed by atoms with Gasteiger partial charge in [0.15, 0.2) is 0 Å². The summed E-state index contributed by atoms with van der Waals surface area (Å²) in [5.41, 5.74) is -0.0751. The largest absolute Gasteiger partial charge is 0.396 e. The average Bonchev–Trinajstić information content (AvgIpc) is 2.54. The van der Waals surface area contributed by atoms with Crippen LogP contribution in [-0.2, 0) is 6.42 Å². The lowest BCUT2D eigenvalue weighted by Crippen LogP contribution is -2.32. The lowest BCUT2D eigenvalue weighted by Gasteiger charge is -2.29. The molecule has 120 valence electrons. The molecule has 0 spiro atoms. The van der Waals surface area contributed by atoms with Crippen molar-refractivity contribution in [3.8, 4) is 0 Å². The van der Waals surface area contributed by atoms with Crippen LogP contribution in [-0.4, -0.2) is 34.8 Å². The van der Waals surface area contributed by atoms with Crippen LogP contribution in [0.4, 0.5) is 11.6 Å². The van der Waals surface area contributed by atoms with E-state index in [2.05, 4.69) is 48.3 Å². The summed E-state index contributed by atoms with van der Waals surface area (Å²) < 4.78 is 0. The molecule has 21 heavy (non-hydrogen) atoms. The van der Waals surface area contributed by atoms with Crippen LogP contribution >= 0.6 is 0 Å². The van der Waals surface area contributed by atoms with Crippen molar-refractivity contribution in [1.82, 2.24) is 9.97 Å². The van der Waals surface area contributed by atoms with Gasteiger partial charge in [-0.1, -0.05) is 27.7 Å². The van der Waals surface area contributed by atoms with Crippen LogP contribution in [0.25, 0.3) is 0 Å². The molecule has 1 aromatic rings. The molecule has 0 amide bonds. The molecule has 0 saturated heterocycles. The fraction of sp³-hybridized carbons (Fsp3) is 0.750. The van der Waals surface area contributed by atoms with Crippen LogP contribution in [0.2, 0.25) is 0 Å². The van der Waals surface area contributed by atoms with Gasteiger partial charge in [0.1, 0.15) is 17.5 Å². The first-order chi connectivity index (χ1) is 10.1. The van der Waals surface area contributed by atoms with Crippen LogP contribution in [0.15, 0.2) is 6.07 Å². The molecule has 1 rings (SSSR count). The number of aliphatic hydroxyl groups is 1. The normalized spacial score (nSPS) is 11.5. The Bertz CT molecular complexity index is 410. The van der Waals surface area contributed by atoms with E-state index in [1.807, 2.05) is 6.07 Å². The van der Waals surface area contributed by atoms with Crippen molar-refractivity contribution in [3.63, 3.8) is 0 Å². The number of rotatable bonds is 10. The van der Waals surface area contributed by atoms with Gasteiger partial charge >= 0.3 is 0 Å². The van der Waals surface area contributed by atoms with E-state index in [0.29, 0.717) is 0 Å². The second-order valence-electron chi connectivity index (χ2n) is 5.55. The van der Waals surface area contributed by atoms with Gasteiger partial charge < -0.3 is 15.7 Å². The first kappa shape index (κ1) is 17.7. The Labute approximate surface area is 128 Å². The summed E-state index contributed by atoms with van der Waals surface area (Å²) in [6.07, 6.45) is 3.76. The minimum Gasteiger partial charge on any atom is -0.396 e. The van der Waals surface area contributed by atoms with E-state index in [1.54, 1.807) is 0 Å². The van der Waals surface area contributed by atoms with E-state index >= 15 is 0 Å². The number of hydrogen-bond donors (Lipinski definition) is 3. The number of nitrogens with zero attached hydrogens (tertiary/aromatic N) is 2. The third-order valence-electron chi connectivity index (χ3n) is 4.12. The van der Waals surface area contributed by atoms with Gasteiger partial charge in [0.25, 0.3) is 0 Å². The van der Waals surface area contributed by atoms with Gasteiger partial charge in [-0.15, -0.1) is 0 Å². The van der Waals surface area contributed by atoms with E-state index in [1.165, 1.54) is 0 Å². The number of hydrogen-bond acceptors (Lipinski definition) is 5. The topological polar surface area (TPSA) is 70.1 Å². The molecular weight excluding hydrogens is 264 g/mol. The van der Waals surface area contributed by atoms with E-state index < -0.39 is 0 Å². The molecule has 0 bridgehead atoms. The second-order valence-corrected chi connectivity index (χ2v) is 5.55. The number of nitrogens with one attached hydrogen (secondary N) is 2. The van der Waals surface area contributed by atoms with E-state index in [0.717, 1.165) is 56.2 Å². The summed E-state index contributed by atoms with van der Waals surface area (Å²) in [7, 11) is 0. The summed E-state index contributed by atoms with van der Waals surface area (Å²) in [5.74, 6) is 2.54. The van der Waals surface area contributed by atoms with Crippen molar-refractivity contribution >= 4 is 11.6 Å². The zero-order chi connectivity index (χ0) is 15.7. The Morgan fingerprint density at radius 1 is 1.05 bits per heavy atom. The van der Waals surface area contributed by atoms with Crippen molar-refractivity contribution in [1.29, 1.82) is 0 Å². The molecule has 0 saturated carbocycles. The quantitative estimate of drug-likeness (QED) is 0.618. The molecule has 0 fully saturated rings. The molecule has 3 N–H and O–H groups in total. The van der Waals surface area contributed by atoms with Gasteiger partial charge in [-0.3, -0.25) is 0 Å². The van der Waals surface area contributed by atoms with Crippen LogP contribution in [0.1, 0.15) is 52.8 Å². The van der Waals surface area contributed by atoms with Gasteiger partial charge in [0, 0.05) is 31.0 Å². The molecule has 0 aliphatic rings. The number of anilines is 2. The summed E-state index contributed by atoms with van der Waals surface area (Å²) in [4.78, 5) is 9.00. The van der Waals surface area contributed by atoms with Crippen LogP contribution in [0, 0.1) is 5.41 Å². The molecular formula is C16H30N4O. The number of aryl methyl sites for hydroxylation is 1. The van der Waals surface area contributed by atoms with Crippen molar-refractivity contribution in [2.45, 2.75) is 53.4 Å². The third-order valence-corrected chi connectivity index (χ3v) is 4.12. The predicted molar refractivity (Wildman–Crippen MR) is 88.8 cm³/mol. The van der Waals surface area contributed by atoms with Gasteiger partial charge in [-0.2, -0.15) is 0 Å². The summed E-state index contributed by atoms with van der Waals surface area (Å²) in [6.45, 7) is 10.2. The number of aliphatic hydroxyl groups excluding tert-OH is 1. The van der Waals surface area contributed by atoms with E-state index in [4.69, 9.17) is 0 Å². The van der Waals surface area contributed by atoms with E-state index in [9.17, 15) is 5.11 Å². The van der Waals surface area contributed by atoms with Crippen molar-refractivity contribution in [3.05, 3.63) is 11.9 Å². The Balaban J connectivity index is 2.81. The Morgan fingerprint density at radius 2 is 1.67 bits per heavy atom. The maximum Gasteiger partial charge on any atom is 0.132 e. The maximum absolute atomic E-state index is 9.64. The summed E-state index contributed by atoms with van der Waals surface area (Å²) >= 11 is 0. The highest BCUT2D eigenvalue weighted by atomic mass is 16.3. The first-order valence-electron chi connectivity index (χ1n) is 8.09. The lowest BCUT2D eigenvalue weighted by atomic mass is 9.83. The monoisotopic (exact) mass is 294 g/mol. The molecule has 1 aromatic heterocycles. The fourth-order valence-electron chi connectivity index (χ4n) is 2.15. The second kappa shape index (κ2) is 8.82. The van der Waals surface area contributed by atoms with Gasteiger partial charge in [0.2, 0.25) is 0 Å². The maximum atomic E-state index is 9.64. The van der Waals surface area contributed by atoms with Crippen LogP contribution in [0.5, 0.6) is 0 Å². The SMILES string of the molecule is CCCNc1cc(NCC(CC)(CC)CO)nc(CC)n1. The summed E-state index contributed by atoms with van der Waals surface area (Å²) in [6, 6.07) is 1.95. The highest BCUT2D eigenvalue weighted by molar-refractivity contribution is 5.47. The molecule has 5 heteroatoms. The minimum atomic E-state index is -0.0751. The molecule has 0 aromatic carbocycles. The molecule has 0 unspecified atom stereocenters. The first-order valence-corrected chi connectivity index (χ1v) is 8.09. The van der Waals surface area contributed by atoms with E-state index in [-0.39, 0.29) is 12.0 Å². The molecule has 1 heterocycles. The minimum absolute atomic E-state index is 0.0751. The molecule has 0 aliphatic heterocycles. The highest BCUT2D eigenvalue weighted by Crippen LogP contribution is 2.26. The standard InChI is InChI=1S/C16H30N4O/c1-5-9-17-14-10-15(20-13(6-2)19-14)18-11-16(7-3,8-4)12-21/h10,21H,5-9,11-12H2,1-4H3,(H2,17,18,19,20). The molecule has 0 atom stereocenters. The average molecular weight is 294 g/mol. The summed E-state index contributed by atoms with van der Waals surface area (Å²) in [5, 5.41) is 16.3. The van der Waals surface area contributed by atoms with Crippen molar-refractivity contribution in [2.24, 2.45) is 5.41 Å². The molecule has 0 aliphatic carbocycles. The zero-order valence-electron chi connectivity index (χ0n) is 13.9. The fourth-order valence-corrected chi connectivity index (χ4v) is 2.15. The van der Waals surface area contributed by atoms with Crippen molar-refractivity contribution in [2.75, 3.05) is 30.3 Å². The van der Waals surface area contributed by atoms with Crippen LogP contribution in [0.3, 0.4) is 0 Å². The highest BCUT2D eigenvalue weighted by Gasteiger charge is 2.25. The number of aromatic nitrogens is 2. The lowest BCUT2D eigenvalue weighted by molar-refractivity contribution is 0.127. The van der Waals surface area contributed by atoms with Crippen LogP contribution < -0.4 is 10.6 Å². The third kappa shape index (κ3) is 5.16. The Hall–Kier alpha value is -1.36. The van der Waals surface area contributed by atoms with Crippen molar-refractivity contribution < 1.29 is 5.11 Å². The Morgan fingerprint density at radius 3 is 2.14 bits per heavy atom. The Kier molecular flexibility index (Phi) is 7.43.